The van der Waals surface area contributed by atoms with Crippen molar-refractivity contribution >= 4 is 11.7 Å². The Balaban J connectivity index is 2.45. The molecule has 1 unspecified atom stereocenters. The third-order valence-electron chi connectivity index (χ3n) is 3.38. The van der Waals surface area contributed by atoms with Gasteiger partial charge in [0.05, 0.1) is 0 Å². The second-order valence-corrected chi connectivity index (χ2v) is 5.19. The molecule has 1 rings (SSSR count). The molecular weight excluding hydrogens is 290 g/mol. The molecule has 0 aromatic heterocycles. The number of unbranched alkanes of at least 4 members (excludes halogenated alkanes) is 1. The van der Waals surface area contributed by atoms with Crippen LogP contribution in [0.4, 0.5) is 8.78 Å². The third-order valence-corrected chi connectivity index (χ3v) is 3.38. The summed E-state index contributed by atoms with van der Waals surface area (Å²) in [5.74, 6) is -2.73. The van der Waals surface area contributed by atoms with Crippen molar-refractivity contribution in [1.82, 2.24) is 5.32 Å². The SMILES string of the molecule is CCCCC(CN)NC(=O)CCC(=O)c1ccc(F)c(F)c1. The molecule has 122 valence electrons. The van der Waals surface area contributed by atoms with Crippen molar-refractivity contribution < 1.29 is 18.4 Å². The van der Waals surface area contributed by atoms with Gasteiger partial charge in [-0.2, -0.15) is 0 Å². The summed E-state index contributed by atoms with van der Waals surface area (Å²) < 4.78 is 25.9. The fraction of sp³-hybridized carbons (Fsp3) is 0.500. The molecule has 0 radical (unpaired) electrons. The van der Waals surface area contributed by atoms with Crippen molar-refractivity contribution in [2.24, 2.45) is 5.73 Å². The summed E-state index contributed by atoms with van der Waals surface area (Å²) in [4.78, 5) is 23.6. The van der Waals surface area contributed by atoms with Gasteiger partial charge in [0, 0.05) is 31.0 Å². The van der Waals surface area contributed by atoms with Crippen molar-refractivity contribution in [3.63, 3.8) is 0 Å². The van der Waals surface area contributed by atoms with Crippen LogP contribution < -0.4 is 11.1 Å². The van der Waals surface area contributed by atoms with E-state index in [-0.39, 0.29) is 30.4 Å². The van der Waals surface area contributed by atoms with E-state index in [1.165, 1.54) is 6.07 Å². The van der Waals surface area contributed by atoms with Gasteiger partial charge in [-0.05, 0) is 24.6 Å². The molecule has 0 aliphatic rings. The summed E-state index contributed by atoms with van der Waals surface area (Å²) >= 11 is 0. The van der Waals surface area contributed by atoms with Crippen LogP contribution in [0, 0.1) is 11.6 Å². The smallest absolute Gasteiger partial charge is 0.220 e. The van der Waals surface area contributed by atoms with Crippen LogP contribution in [-0.4, -0.2) is 24.3 Å². The number of nitrogens with two attached hydrogens (primary N) is 1. The highest BCUT2D eigenvalue weighted by atomic mass is 19.2. The number of ketones is 1. The number of amides is 1. The molecule has 0 bridgehead atoms. The van der Waals surface area contributed by atoms with E-state index < -0.39 is 17.4 Å². The number of carbonyl (C=O) groups excluding carboxylic acids is 2. The van der Waals surface area contributed by atoms with Gasteiger partial charge in [0.25, 0.3) is 0 Å². The molecule has 1 aromatic rings. The molecule has 4 nitrogen and oxygen atoms in total. The lowest BCUT2D eigenvalue weighted by Crippen LogP contribution is -2.40. The summed E-state index contributed by atoms with van der Waals surface area (Å²) in [6.07, 6.45) is 2.73. The number of benzene rings is 1. The Morgan fingerprint density at radius 3 is 2.55 bits per heavy atom. The van der Waals surface area contributed by atoms with Crippen LogP contribution in [0.15, 0.2) is 18.2 Å². The van der Waals surface area contributed by atoms with E-state index in [9.17, 15) is 18.4 Å². The van der Waals surface area contributed by atoms with Crippen LogP contribution in [0.5, 0.6) is 0 Å². The Bertz CT molecular complexity index is 521. The summed E-state index contributed by atoms with van der Waals surface area (Å²) in [6, 6.07) is 2.87. The topological polar surface area (TPSA) is 72.2 Å². The Kier molecular flexibility index (Phi) is 7.66. The number of hydrogen-bond donors (Lipinski definition) is 2. The molecular formula is C16H22F2N2O2. The van der Waals surface area contributed by atoms with Crippen LogP contribution in [-0.2, 0) is 4.79 Å². The first-order valence-electron chi connectivity index (χ1n) is 7.45. The summed E-state index contributed by atoms with van der Waals surface area (Å²) in [5.41, 5.74) is 5.64. The Labute approximate surface area is 129 Å². The molecule has 0 aliphatic carbocycles. The highest BCUT2D eigenvalue weighted by Gasteiger charge is 2.14. The van der Waals surface area contributed by atoms with Gasteiger partial charge >= 0.3 is 0 Å². The van der Waals surface area contributed by atoms with Crippen LogP contribution in [0.1, 0.15) is 49.4 Å². The highest BCUT2D eigenvalue weighted by molar-refractivity contribution is 5.97. The molecule has 3 N–H and O–H groups in total. The van der Waals surface area contributed by atoms with Crippen molar-refractivity contribution in [1.29, 1.82) is 0 Å². The van der Waals surface area contributed by atoms with Gasteiger partial charge < -0.3 is 11.1 Å². The zero-order valence-corrected chi connectivity index (χ0v) is 12.7. The minimum Gasteiger partial charge on any atom is -0.352 e. The number of carbonyl (C=O) groups is 2. The summed E-state index contributed by atoms with van der Waals surface area (Å²) in [5, 5.41) is 2.78. The van der Waals surface area contributed by atoms with Gasteiger partial charge in [0.1, 0.15) is 0 Å². The molecule has 0 aliphatic heterocycles. The second-order valence-electron chi connectivity index (χ2n) is 5.19. The van der Waals surface area contributed by atoms with Crippen molar-refractivity contribution in [3.8, 4) is 0 Å². The van der Waals surface area contributed by atoms with E-state index in [0.29, 0.717) is 6.54 Å². The number of Topliss-reactive ketones (excluding diaryl/α,β-unsaturated/α-hetero) is 1. The standard InChI is InChI=1S/C16H22F2N2O2/c1-2-3-4-12(10-19)20-16(22)8-7-15(21)11-5-6-13(17)14(18)9-11/h5-6,9,12H,2-4,7-8,10,19H2,1H3,(H,20,22). The van der Waals surface area contributed by atoms with E-state index >= 15 is 0 Å². The normalized spacial score (nSPS) is 12.0. The molecule has 1 atom stereocenters. The highest BCUT2D eigenvalue weighted by Crippen LogP contribution is 2.11. The van der Waals surface area contributed by atoms with Crippen LogP contribution in [0.3, 0.4) is 0 Å². The van der Waals surface area contributed by atoms with E-state index in [0.717, 1.165) is 31.4 Å². The Hall–Kier alpha value is -1.82. The summed E-state index contributed by atoms with van der Waals surface area (Å²) in [7, 11) is 0. The molecule has 22 heavy (non-hydrogen) atoms. The molecule has 0 fully saturated rings. The van der Waals surface area contributed by atoms with Gasteiger partial charge in [-0.25, -0.2) is 8.78 Å². The van der Waals surface area contributed by atoms with Crippen LogP contribution >= 0.6 is 0 Å². The quantitative estimate of drug-likeness (QED) is 0.688. The molecule has 0 saturated heterocycles. The Morgan fingerprint density at radius 1 is 1.23 bits per heavy atom. The average Bonchev–Trinajstić information content (AvgIpc) is 2.51. The zero-order valence-electron chi connectivity index (χ0n) is 12.7. The van der Waals surface area contributed by atoms with E-state index in [4.69, 9.17) is 5.73 Å². The van der Waals surface area contributed by atoms with E-state index in [1.807, 2.05) is 0 Å². The summed E-state index contributed by atoms with van der Waals surface area (Å²) in [6.45, 7) is 2.40. The lowest BCUT2D eigenvalue weighted by molar-refractivity contribution is -0.121. The van der Waals surface area contributed by atoms with E-state index in [2.05, 4.69) is 12.2 Å². The minimum atomic E-state index is -1.07. The lowest BCUT2D eigenvalue weighted by atomic mass is 10.1. The van der Waals surface area contributed by atoms with Crippen LogP contribution in [0.25, 0.3) is 0 Å². The molecule has 1 amide bonds. The second kappa shape index (κ2) is 9.25. The molecule has 0 spiro atoms. The van der Waals surface area contributed by atoms with Crippen LogP contribution in [0.2, 0.25) is 0 Å². The maximum atomic E-state index is 13.1. The largest absolute Gasteiger partial charge is 0.352 e. The van der Waals surface area contributed by atoms with Crippen molar-refractivity contribution in [3.05, 3.63) is 35.4 Å². The maximum absolute atomic E-state index is 13.1. The van der Waals surface area contributed by atoms with Gasteiger partial charge in [-0.15, -0.1) is 0 Å². The molecule has 1 aromatic carbocycles. The Morgan fingerprint density at radius 2 is 1.95 bits per heavy atom. The minimum absolute atomic E-state index is 0.000450. The predicted octanol–water partition coefficient (Wildman–Crippen LogP) is 2.56. The molecule has 0 heterocycles. The first-order chi connectivity index (χ1) is 10.5. The first-order valence-corrected chi connectivity index (χ1v) is 7.45. The number of rotatable bonds is 9. The zero-order chi connectivity index (χ0) is 16.5. The first kappa shape index (κ1) is 18.2. The monoisotopic (exact) mass is 312 g/mol. The number of nitrogens with one attached hydrogen (secondary N) is 1. The van der Waals surface area contributed by atoms with E-state index in [1.54, 1.807) is 0 Å². The number of hydrogen-bond acceptors (Lipinski definition) is 3. The van der Waals surface area contributed by atoms with Gasteiger partial charge in [-0.3, -0.25) is 9.59 Å². The van der Waals surface area contributed by atoms with Gasteiger partial charge in [-0.1, -0.05) is 19.8 Å². The lowest BCUT2D eigenvalue weighted by Gasteiger charge is -2.16. The molecule has 6 heteroatoms. The maximum Gasteiger partial charge on any atom is 0.220 e. The third kappa shape index (κ3) is 5.89. The fourth-order valence-corrected chi connectivity index (χ4v) is 2.04. The predicted molar refractivity (Wildman–Crippen MR) is 80.4 cm³/mol. The van der Waals surface area contributed by atoms with Gasteiger partial charge in [0.15, 0.2) is 17.4 Å². The van der Waals surface area contributed by atoms with Gasteiger partial charge in [0.2, 0.25) is 5.91 Å². The fourth-order valence-electron chi connectivity index (χ4n) is 2.04. The molecule has 0 saturated carbocycles. The van der Waals surface area contributed by atoms with Crippen molar-refractivity contribution in [2.75, 3.05) is 6.54 Å². The van der Waals surface area contributed by atoms with Crippen molar-refractivity contribution in [2.45, 2.75) is 45.1 Å². The number of halogens is 2. The average molecular weight is 312 g/mol.